The molecule has 0 saturated carbocycles. The van der Waals surface area contributed by atoms with E-state index >= 15 is 0 Å². The second kappa shape index (κ2) is 10.00. The van der Waals surface area contributed by atoms with E-state index in [4.69, 9.17) is 15.9 Å². The van der Waals surface area contributed by atoms with E-state index in [2.05, 4.69) is 15.3 Å². The van der Waals surface area contributed by atoms with Crippen LogP contribution in [0.5, 0.6) is 5.75 Å². The van der Waals surface area contributed by atoms with Crippen LogP contribution in [-0.4, -0.2) is 69.6 Å². The van der Waals surface area contributed by atoms with E-state index in [9.17, 15) is 15.0 Å². The number of carbonyl (C=O) groups excluding carboxylic acids is 1. The van der Waals surface area contributed by atoms with Gasteiger partial charge in [-0.25, -0.2) is 9.97 Å². The molecule has 1 amide bonds. The smallest absolute Gasteiger partial charge is 0.222 e. The lowest BCUT2D eigenvalue weighted by Crippen LogP contribution is -2.30. The molecule has 0 bridgehead atoms. The number of hydrogen-bond donors (Lipinski definition) is 5. The lowest BCUT2D eigenvalue weighted by molar-refractivity contribution is -0.131. The summed E-state index contributed by atoms with van der Waals surface area (Å²) in [6.07, 6.45) is 4.99. The van der Waals surface area contributed by atoms with Crippen LogP contribution in [0.15, 0.2) is 18.5 Å². The first-order valence-electron chi connectivity index (χ1n) is 12.0. The number of β-amino-alcohol motifs (C(OH)–C–C–N with tert-alkyl or cyclic N) is 2. The zero-order valence-corrected chi connectivity index (χ0v) is 20.8. The number of nitrogens with two attached hydrogens (primary N) is 1. The molecule has 1 aliphatic heterocycles. The van der Waals surface area contributed by atoms with E-state index in [1.807, 2.05) is 0 Å². The summed E-state index contributed by atoms with van der Waals surface area (Å²) in [5.41, 5.74) is 8.99. The molecule has 1 aromatic carbocycles. The summed E-state index contributed by atoms with van der Waals surface area (Å²) < 4.78 is 5.50. The summed E-state index contributed by atoms with van der Waals surface area (Å²) in [5.74, 6) is 1.64. The minimum absolute atomic E-state index is 0.00757. The van der Waals surface area contributed by atoms with E-state index in [1.54, 1.807) is 41.8 Å². The van der Waals surface area contributed by atoms with Crippen LogP contribution in [0.3, 0.4) is 0 Å². The number of aliphatic hydroxyl groups excluding tert-OH is 2. The third kappa shape index (κ3) is 4.61. The normalized spacial score (nSPS) is 21.4. The number of aromatic nitrogens is 2. The zero-order chi connectivity index (χ0) is 25.4. The summed E-state index contributed by atoms with van der Waals surface area (Å²) in [7, 11) is 1.57. The van der Waals surface area contributed by atoms with Gasteiger partial charge in [0.05, 0.1) is 30.4 Å². The van der Waals surface area contributed by atoms with Crippen molar-refractivity contribution in [1.82, 2.24) is 14.9 Å². The molecular formula is C25H30N6O4S. The van der Waals surface area contributed by atoms with E-state index in [-0.39, 0.29) is 19.0 Å². The highest BCUT2D eigenvalue weighted by atomic mass is 32.1. The Morgan fingerprint density at radius 1 is 1.33 bits per heavy atom. The summed E-state index contributed by atoms with van der Waals surface area (Å²) in [6, 6.07) is 3.47. The van der Waals surface area contributed by atoms with Gasteiger partial charge in [0.15, 0.2) is 0 Å². The fourth-order valence-electron chi connectivity index (χ4n) is 5.11. The Balaban J connectivity index is 1.33. The molecule has 3 aromatic rings. The maximum Gasteiger partial charge on any atom is 0.222 e. The molecule has 1 fully saturated rings. The van der Waals surface area contributed by atoms with Crippen LogP contribution in [0.2, 0.25) is 0 Å². The van der Waals surface area contributed by atoms with Crippen molar-refractivity contribution in [3.8, 4) is 5.75 Å². The molecule has 2 aromatic heterocycles. The van der Waals surface area contributed by atoms with Crippen LogP contribution in [0, 0.1) is 11.3 Å². The van der Waals surface area contributed by atoms with Crippen LogP contribution >= 0.6 is 11.3 Å². The predicted molar refractivity (Wildman–Crippen MR) is 139 cm³/mol. The number of fused-ring (bicyclic) bond motifs is 3. The third-order valence-electron chi connectivity index (χ3n) is 7.14. The molecule has 6 N–H and O–H groups in total. The van der Waals surface area contributed by atoms with Crippen LogP contribution in [-0.2, 0) is 17.6 Å². The summed E-state index contributed by atoms with van der Waals surface area (Å²) in [4.78, 5) is 25.3. The van der Waals surface area contributed by atoms with Gasteiger partial charge in [0, 0.05) is 47.9 Å². The number of ether oxygens (including phenoxy) is 1. The molecule has 36 heavy (non-hydrogen) atoms. The number of anilines is 3. The molecular weight excluding hydrogens is 480 g/mol. The monoisotopic (exact) mass is 510 g/mol. The van der Waals surface area contributed by atoms with Crippen molar-refractivity contribution in [3.05, 3.63) is 34.5 Å². The van der Waals surface area contributed by atoms with Gasteiger partial charge in [0.1, 0.15) is 22.7 Å². The van der Waals surface area contributed by atoms with Gasteiger partial charge in [-0.15, -0.1) is 11.3 Å². The number of nitrogen functional groups attached to an aromatic ring is 1. The minimum atomic E-state index is -0.849. The molecule has 3 atom stereocenters. The fourth-order valence-corrected chi connectivity index (χ4v) is 6.41. The molecule has 1 aliphatic carbocycles. The van der Waals surface area contributed by atoms with Gasteiger partial charge in [0.2, 0.25) is 5.91 Å². The van der Waals surface area contributed by atoms with Crippen molar-refractivity contribution >= 4 is 50.9 Å². The number of benzene rings is 1. The Hall–Kier alpha value is -3.28. The number of carbonyl (C=O) groups is 1. The average Bonchev–Trinajstić information content (AvgIpc) is 3.42. The first kappa shape index (κ1) is 24.4. The van der Waals surface area contributed by atoms with Crippen molar-refractivity contribution in [2.45, 2.75) is 44.3 Å². The highest BCUT2D eigenvalue weighted by molar-refractivity contribution is 7.19. The molecule has 0 spiro atoms. The largest absolute Gasteiger partial charge is 0.494 e. The third-order valence-corrected chi connectivity index (χ3v) is 8.30. The van der Waals surface area contributed by atoms with Crippen LogP contribution in [0.1, 0.15) is 35.3 Å². The van der Waals surface area contributed by atoms with Crippen LogP contribution < -0.4 is 15.8 Å². The van der Waals surface area contributed by atoms with Crippen molar-refractivity contribution in [2.24, 2.45) is 5.92 Å². The van der Waals surface area contributed by atoms with Gasteiger partial charge in [-0.3, -0.25) is 4.79 Å². The predicted octanol–water partition coefficient (Wildman–Crippen LogP) is 2.47. The maximum atomic E-state index is 12.6. The van der Waals surface area contributed by atoms with E-state index in [0.717, 1.165) is 35.9 Å². The van der Waals surface area contributed by atoms with Crippen molar-refractivity contribution < 1.29 is 19.7 Å². The standard InChI is InChI=1S/C25H30N6O4S/c1-35-20-8-16(27)14(9-26)7-17(20)30-24-23-15-4-2-13(6-21(15)36-25(23)29-12-28-24)3-5-22(34)31-10-18(32)19(33)11-31/h7-9,12-13,18-19,26,32-33H,2-6,10-11,27H2,1H3,(H,28,29,30)/t13?,18-,19-/m1/s1. The summed E-state index contributed by atoms with van der Waals surface area (Å²) in [5, 5.41) is 31.4. The Bertz CT molecular complexity index is 1300. The number of hydrogen-bond acceptors (Lipinski definition) is 10. The number of rotatable bonds is 7. The Morgan fingerprint density at radius 3 is 2.83 bits per heavy atom. The highest BCUT2D eigenvalue weighted by Gasteiger charge is 2.33. The number of nitrogens with zero attached hydrogens (tertiary/aromatic N) is 3. The number of nitrogens with one attached hydrogen (secondary N) is 2. The number of thiophene rings is 1. The van der Waals surface area contributed by atoms with Gasteiger partial charge in [-0.1, -0.05) is 0 Å². The minimum Gasteiger partial charge on any atom is -0.494 e. The number of aliphatic hydroxyl groups is 2. The molecule has 1 saturated heterocycles. The number of aryl methyl sites for hydroxylation is 1. The second-order valence-electron chi connectivity index (χ2n) is 9.44. The maximum absolute atomic E-state index is 12.6. The SMILES string of the molecule is COc1cc(N)c(C=N)cc1Nc1ncnc2sc3c(c12)CCC(CCC(=O)N1C[C@@H](O)[C@H](O)C1)C3. The number of likely N-dealkylation sites (tertiary alicyclic amines) is 1. The van der Waals surface area contributed by atoms with Gasteiger partial charge in [-0.2, -0.15) is 0 Å². The van der Waals surface area contributed by atoms with Gasteiger partial charge in [-0.05, 0) is 43.2 Å². The molecule has 2 aliphatic rings. The number of amides is 1. The van der Waals surface area contributed by atoms with E-state index in [1.165, 1.54) is 16.7 Å². The van der Waals surface area contributed by atoms with E-state index in [0.29, 0.717) is 40.8 Å². The molecule has 11 heteroatoms. The van der Waals surface area contributed by atoms with Crippen molar-refractivity contribution in [3.63, 3.8) is 0 Å². The Morgan fingerprint density at radius 2 is 2.11 bits per heavy atom. The molecule has 1 unspecified atom stereocenters. The second-order valence-corrected chi connectivity index (χ2v) is 10.5. The van der Waals surface area contributed by atoms with Gasteiger partial charge < -0.3 is 36.3 Å². The highest BCUT2D eigenvalue weighted by Crippen LogP contribution is 2.42. The Kier molecular flexibility index (Phi) is 6.78. The van der Waals surface area contributed by atoms with Crippen LogP contribution in [0.25, 0.3) is 10.2 Å². The zero-order valence-electron chi connectivity index (χ0n) is 20.0. The lowest BCUT2D eigenvalue weighted by Gasteiger charge is -2.23. The Labute approximate surface area is 212 Å². The molecule has 3 heterocycles. The quantitative estimate of drug-likeness (QED) is 0.240. The first-order valence-corrected chi connectivity index (χ1v) is 12.8. The number of methoxy groups -OCH3 is 1. The molecule has 190 valence electrons. The molecule has 10 nitrogen and oxygen atoms in total. The molecule has 0 radical (unpaired) electrons. The first-order chi connectivity index (χ1) is 17.4. The van der Waals surface area contributed by atoms with Crippen molar-refractivity contribution in [2.75, 3.05) is 31.2 Å². The fraction of sp³-hybridized carbons (Fsp3) is 0.440. The summed E-state index contributed by atoms with van der Waals surface area (Å²) >= 11 is 1.67. The van der Waals surface area contributed by atoms with E-state index < -0.39 is 12.2 Å². The van der Waals surface area contributed by atoms with Gasteiger partial charge >= 0.3 is 0 Å². The lowest BCUT2D eigenvalue weighted by atomic mass is 9.85. The molecule has 5 rings (SSSR count). The van der Waals surface area contributed by atoms with Gasteiger partial charge in [0.25, 0.3) is 0 Å². The summed E-state index contributed by atoms with van der Waals surface area (Å²) in [6.45, 7) is 0.416. The van der Waals surface area contributed by atoms with Crippen molar-refractivity contribution in [1.29, 1.82) is 5.41 Å². The average molecular weight is 511 g/mol. The topological polar surface area (TPSA) is 158 Å². The van der Waals surface area contributed by atoms with Crippen LogP contribution in [0.4, 0.5) is 17.2 Å².